The highest BCUT2D eigenvalue weighted by molar-refractivity contribution is 8.14. The maximum absolute atomic E-state index is 13.0. The smallest absolute Gasteiger partial charge is 0.406 e. The number of ether oxygens (including phenoxy) is 1. The van der Waals surface area contributed by atoms with Gasteiger partial charge in [0.25, 0.3) is 0 Å². The predicted molar refractivity (Wildman–Crippen MR) is 162 cm³/mol. The van der Waals surface area contributed by atoms with Gasteiger partial charge in [-0.3, -0.25) is 4.79 Å². The number of hydrogen-bond donors (Lipinski definition) is 0. The highest BCUT2D eigenvalue weighted by Gasteiger charge is 2.39. The lowest BCUT2D eigenvalue weighted by molar-refractivity contribution is -0.274. The van der Waals surface area contributed by atoms with Gasteiger partial charge in [0.15, 0.2) is 11.0 Å². The molecular weight excluding hydrogens is 575 g/mol. The number of halogens is 3. The van der Waals surface area contributed by atoms with E-state index in [1.165, 1.54) is 46.4 Å². The molecule has 1 aliphatic carbocycles. The fourth-order valence-corrected chi connectivity index (χ4v) is 6.51. The first kappa shape index (κ1) is 29.0. The van der Waals surface area contributed by atoms with Crippen LogP contribution in [0.3, 0.4) is 0 Å². The van der Waals surface area contributed by atoms with Crippen LogP contribution in [0.1, 0.15) is 41.9 Å². The van der Waals surface area contributed by atoms with E-state index in [1.54, 1.807) is 11.8 Å². The molecule has 2 aliphatic rings. The summed E-state index contributed by atoms with van der Waals surface area (Å²) in [6.07, 6.45) is -0.800. The minimum Gasteiger partial charge on any atom is -0.406 e. The zero-order valence-electron chi connectivity index (χ0n) is 23.7. The lowest BCUT2D eigenvalue weighted by Crippen LogP contribution is -2.35. The first-order valence-corrected chi connectivity index (χ1v) is 15.1. The van der Waals surface area contributed by atoms with E-state index in [0.29, 0.717) is 23.9 Å². The second-order valence-corrected chi connectivity index (χ2v) is 11.9. The number of aliphatic imine (C=N–C) groups is 1. The monoisotopic (exact) mass is 605 g/mol. The van der Waals surface area contributed by atoms with Gasteiger partial charge in [-0.25, -0.2) is 9.67 Å². The van der Waals surface area contributed by atoms with E-state index >= 15 is 0 Å². The Balaban J connectivity index is 1.07. The summed E-state index contributed by atoms with van der Waals surface area (Å²) in [5.41, 5.74) is 6.06. The highest BCUT2D eigenvalue weighted by atomic mass is 32.2. The van der Waals surface area contributed by atoms with Gasteiger partial charge >= 0.3 is 6.36 Å². The molecule has 1 aliphatic heterocycles. The van der Waals surface area contributed by atoms with Crippen molar-refractivity contribution in [2.45, 2.75) is 45.4 Å². The maximum Gasteiger partial charge on any atom is 0.573 e. The molecule has 3 aromatic carbocycles. The Morgan fingerprint density at radius 2 is 1.77 bits per heavy atom. The van der Waals surface area contributed by atoms with Crippen LogP contribution in [0, 0.1) is 19.8 Å². The van der Waals surface area contributed by atoms with Gasteiger partial charge < -0.3 is 9.64 Å². The number of hydrogen-bond acceptors (Lipinski definition) is 5. The van der Waals surface area contributed by atoms with E-state index in [2.05, 4.69) is 56.8 Å². The number of benzene rings is 3. The van der Waals surface area contributed by atoms with Crippen molar-refractivity contribution in [1.29, 1.82) is 0 Å². The summed E-state index contributed by atoms with van der Waals surface area (Å²) < 4.78 is 42.7. The molecule has 1 amide bonds. The highest BCUT2D eigenvalue weighted by Crippen LogP contribution is 2.50. The van der Waals surface area contributed by atoms with Crippen LogP contribution in [0.4, 0.5) is 18.9 Å². The number of para-hydroxylation sites is 1. The van der Waals surface area contributed by atoms with Crippen LogP contribution in [-0.4, -0.2) is 44.5 Å². The number of carbonyl (C=O) groups excluding carboxylic acids is 1. The number of anilines is 1. The molecule has 0 spiro atoms. The zero-order valence-corrected chi connectivity index (χ0v) is 24.5. The van der Waals surface area contributed by atoms with Crippen LogP contribution in [0.5, 0.6) is 5.75 Å². The summed E-state index contributed by atoms with van der Waals surface area (Å²) in [6.45, 7) is 5.06. The van der Waals surface area contributed by atoms with Crippen LogP contribution in [0.2, 0.25) is 0 Å². The van der Waals surface area contributed by atoms with Crippen molar-refractivity contribution < 1.29 is 22.7 Å². The third kappa shape index (κ3) is 6.77. The summed E-state index contributed by atoms with van der Waals surface area (Å²) in [5, 5.41) is 5.27. The van der Waals surface area contributed by atoms with Gasteiger partial charge in [0.05, 0.1) is 5.69 Å². The van der Waals surface area contributed by atoms with Crippen LogP contribution < -0.4 is 9.64 Å². The Bertz CT molecular complexity index is 1630. The van der Waals surface area contributed by atoms with E-state index in [1.807, 2.05) is 24.3 Å². The third-order valence-corrected chi connectivity index (χ3v) is 8.76. The van der Waals surface area contributed by atoms with Gasteiger partial charge in [0, 0.05) is 30.0 Å². The van der Waals surface area contributed by atoms with Crippen molar-refractivity contribution in [1.82, 2.24) is 14.8 Å². The van der Waals surface area contributed by atoms with Gasteiger partial charge in [0.1, 0.15) is 12.1 Å². The number of amidine groups is 1. The lowest BCUT2D eigenvalue weighted by Gasteiger charge is -2.32. The average Bonchev–Trinajstić information content (AvgIpc) is 3.55. The SMILES string of the molecule is Cc1cccc(C)c1N1CCCSC1=NC(=O)CC1CC1c1ccc(-c2ncn(-c3ccc(OC(F)(F)F)cc3)n2)cc1. The molecule has 1 saturated heterocycles. The Labute approximate surface area is 251 Å². The third-order valence-electron chi connectivity index (χ3n) is 7.70. The number of carbonyl (C=O) groups is 1. The fraction of sp³-hybridized carbons (Fsp3) is 0.312. The molecule has 6 rings (SSSR count). The number of rotatable bonds is 7. The van der Waals surface area contributed by atoms with E-state index < -0.39 is 6.36 Å². The minimum atomic E-state index is -4.74. The second-order valence-electron chi connectivity index (χ2n) is 10.9. The summed E-state index contributed by atoms with van der Waals surface area (Å²) in [7, 11) is 0. The van der Waals surface area contributed by atoms with Crippen molar-refractivity contribution >= 4 is 28.5 Å². The molecule has 0 radical (unpaired) electrons. The molecular formula is C32H30F3N5O2S. The maximum atomic E-state index is 13.0. The molecule has 0 N–H and O–H groups in total. The molecule has 2 heterocycles. The normalized spacial score (nSPS) is 19.5. The molecule has 11 heteroatoms. The Hall–Kier alpha value is -4.12. The second kappa shape index (κ2) is 11.9. The van der Waals surface area contributed by atoms with Gasteiger partial charge in [0.2, 0.25) is 5.91 Å². The van der Waals surface area contributed by atoms with Crippen molar-refractivity contribution in [2.75, 3.05) is 17.2 Å². The minimum absolute atomic E-state index is 0.0718. The van der Waals surface area contributed by atoms with Crippen LogP contribution in [0.25, 0.3) is 17.1 Å². The van der Waals surface area contributed by atoms with Gasteiger partial charge in [-0.1, -0.05) is 54.2 Å². The Morgan fingerprint density at radius 3 is 2.47 bits per heavy atom. The molecule has 222 valence electrons. The van der Waals surface area contributed by atoms with Crippen molar-refractivity contribution in [3.63, 3.8) is 0 Å². The molecule has 7 nitrogen and oxygen atoms in total. The molecule has 0 bridgehead atoms. The first-order chi connectivity index (χ1) is 20.6. The Kier molecular flexibility index (Phi) is 8.00. The van der Waals surface area contributed by atoms with Gasteiger partial charge in [-0.2, -0.15) is 4.99 Å². The molecule has 1 aromatic heterocycles. The van der Waals surface area contributed by atoms with E-state index in [4.69, 9.17) is 0 Å². The number of amides is 1. The van der Waals surface area contributed by atoms with Gasteiger partial charge in [-0.05, 0) is 79.5 Å². The standard InChI is InChI=1S/C32H30F3N5O2S/c1-20-5-3-6-21(2)29(20)39-15-4-16-43-31(39)37-28(41)18-24-17-27(24)22-7-9-23(10-8-22)30-36-19-40(38-30)25-11-13-26(14-12-25)42-32(33,34)35/h3,5-14,19,24,27H,4,15-18H2,1-2H3. The number of aromatic nitrogens is 3. The molecule has 2 fully saturated rings. The quantitative estimate of drug-likeness (QED) is 0.218. The Morgan fingerprint density at radius 1 is 1.05 bits per heavy atom. The van der Waals surface area contributed by atoms with Gasteiger partial charge in [-0.15, -0.1) is 18.3 Å². The summed E-state index contributed by atoms with van der Waals surface area (Å²) in [6, 6.07) is 19.7. The number of alkyl halides is 3. The largest absolute Gasteiger partial charge is 0.573 e. The van der Waals surface area contributed by atoms with Crippen molar-refractivity contribution in [2.24, 2.45) is 10.9 Å². The summed E-state index contributed by atoms with van der Waals surface area (Å²) in [5.74, 6) is 1.67. The van der Waals surface area contributed by atoms with E-state index in [0.717, 1.165) is 47.1 Å². The topological polar surface area (TPSA) is 72.6 Å². The average molecular weight is 606 g/mol. The molecule has 2 atom stereocenters. The van der Waals surface area contributed by atoms with Crippen LogP contribution in [0.15, 0.2) is 78.0 Å². The fourth-order valence-electron chi connectivity index (χ4n) is 5.55. The van der Waals surface area contributed by atoms with Crippen molar-refractivity contribution in [3.05, 3.63) is 89.7 Å². The number of nitrogens with zero attached hydrogens (tertiary/aromatic N) is 5. The molecule has 43 heavy (non-hydrogen) atoms. The zero-order chi connectivity index (χ0) is 30.1. The van der Waals surface area contributed by atoms with E-state index in [9.17, 15) is 18.0 Å². The molecule has 1 saturated carbocycles. The number of aryl methyl sites for hydroxylation is 2. The summed E-state index contributed by atoms with van der Waals surface area (Å²) >= 11 is 1.65. The van der Waals surface area contributed by atoms with Crippen molar-refractivity contribution in [3.8, 4) is 22.8 Å². The number of thioether (sulfide) groups is 1. The predicted octanol–water partition coefficient (Wildman–Crippen LogP) is 7.47. The van der Waals surface area contributed by atoms with Crippen LogP contribution in [-0.2, 0) is 4.79 Å². The summed E-state index contributed by atoms with van der Waals surface area (Å²) in [4.78, 5) is 24.2. The van der Waals surface area contributed by atoms with E-state index in [-0.39, 0.29) is 17.6 Å². The molecule has 2 unspecified atom stereocenters. The first-order valence-electron chi connectivity index (χ1n) is 14.1. The molecule has 4 aromatic rings. The lowest BCUT2D eigenvalue weighted by atomic mass is 10.1. The van der Waals surface area contributed by atoms with Crippen LogP contribution >= 0.6 is 11.8 Å².